The number of fused-ring (bicyclic) bond motifs is 1. The van der Waals surface area contributed by atoms with Gasteiger partial charge in [-0.1, -0.05) is 25.1 Å². The van der Waals surface area contributed by atoms with Crippen LogP contribution in [0.2, 0.25) is 0 Å². The molecule has 1 N–H and O–H groups in total. The summed E-state index contributed by atoms with van der Waals surface area (Å²) in [6, 6.07) is 10.6. The van der Waals surface area contributed by atoms with Crippen LogP contribution in [-0.4, -0.2) is 20.9 Å². The molecule has 27 heavy (non-hydrogen) atoms. The molecule has 0 saturated carbocycles. The van der Waals surface area contributed by atoms with Gasteiger partial charge in [0.1, 0.15) is 0 Å². The van der Waals surface area contributed by atoms with Crippen LogP contribution in [0, 0.1) is 13.8 Å². The van der Waals surface area contributed by atoms with Crippen LogP contribution in [0.25, 0.3) is 0 Å². The molecule has 0 aliphatic carbocycles. The fourth-order valence-electron chi connectivity index (χ4n) is 3.40. The summed E-state index contributed by atoms with van der Waals surface area (Å²) in [5, 5.41) is 0. The number of carbonyl (C=O) groups is 1. The number of carbonyl (C=O) groups excluding carboxylic acids is 1. The lowest BCUT2D eigenvalue weighted by molar-refractivity contribution is -0.118. The number of hydrogen-bond donors (Lipinski definition) is 1. The summed E-state index contributed by atoms with van der Waals surface area (Å²) in [5.41, 5.74) is 4.97. The van der Waals surface area contributed by atoms with E-state index in [1.54, 1.807) is 23.1 Å². The first-order chi connectivity index (χ1) is 12.7. The molecular weight excluding hydrogens is 360 g/mol. The van der Waals surface area contributed by atoms with Crippen molar-refractivity contribution in [1.82, 2.24) is 4.72 Å². The van der Waals surface area contributed by atoms with Crippen LogP contribution < -0.4 is 9.62 Å². The maximum absolute atomic E-state index is 12.8. The highest BCUT2D eigenvalue weighted by Gasteiger charge is 2.26. The van der Waals surface area contributed by atoms with Crippen LogP contribution in [0.5, 0.6) is 0 Å². The summed E-state index contributed by atoms with van der Waals surface area (Å²) < 4.78 is 28.5. The summed E-state index contributed by atoms with van der Waals surface area (Å²) in [6.07, 6.45) is 1.12. The second kappa shape index (κ2) is 7.44. The molecule has 0 spiro atoms. The zero-order valence-corrected chi connectivity index (χ0v) is 17.1. The van der Waals surface area contributed by atoms with Gasteiger partial charge in [-0.05, 0) is 67.6 Å². The van der Waals surface area contributed by atoms with Crippen LogP contribution in [0.1, 0.15) is 48.6 Å². The SMILES string of the molecule is CCC(=O)N1CCc2cc(S(=O)(=O)NC(C)c3ccc(C)c(C)c3)ccc21. The average Bonchev–Trinajstić information content (AvgIpc) is 3.06. The van der Waals surface area contributed by atoms with Gasteiger partial charge in [-0.25, -0.2) is 13.1 Å². The molecule has 1 atom stereocenters. The zero-order valence-electron chi connectivity index (χ0n) is 16.2. The van der Waals surface area contributed by atoms with Gasteiger partial charge in [-0.2, -0.15) is 0 Å². The van der Waals surface area contributed by atoms with Crippen LogP contribution in [0.15, 0.2) is 41.3 Å². The van der Waals surface area contributed by atoms with Crippen molar-refractivity contribution in [3.8, 4) is 0 Å². The van der Waals surface area contributed by atoms with E-state index in [9.17, 15) is 13.2 Å². The topological polar surface area (TPSA) is 66.5 Å². The Kier molecular flexibility index (Phi) is 5.40. The first kappa shape index (κ1) is 19.6. The molecule has 1 unspecified atom stereocenters. The summed E-state index contributed by atoms with van der Waals surface area (Å²) in [7, 11) is -3.65. The van der Waals surface area contributed by atoms with Crippen LogP contribution in [0.4, 0.5) is 5.69 Å². The number of sulfonamides is 1. The molecule has 2 aromatic carbocycles. The van der Waals surface area contributed by atoms with E-state index in [0.717, 1.165) is 22.4 Å². The molecule has 0 radical (unpaired) electrons. The van der Waals surface area contributed by atoms with Gasteiger partial charge in [-0.3, -0.25) is 4.79 Å². The zero-order chi connectivity index (χ0) is 19.8. The summed E-state index contributed by atoms with van der Waals surface area (Å²) in [5.74, 6) is 0.0610. The number of amides is 1. The number of rotatable bonds is 5. The minimum absolute atomic E-state index is 0.0610. The first-order valence-corrected chi connectivity index (χ1v) is 10.7. The van der Waals surface area contributed by atoms with Crippen molar-refractivity contribution < 1.29 is 13.2 Å². The van der Waals surface area contributed by atoms with Crippen molar-refractivity contribution in [1.29, 1.82) is 0 Å². The van der Waals surface area contributed by atoms with E-state index in [2.05, 4.69) is 4.72 Å². The van der Waals surface area contributed by atoms with E-state index in [0.29, 0.717) is 19.4 Å². The quantitative estimate of drug-likeness (QED) is 0.853. The van der Waals surface area contributed by atoms with Gasteiger partial charge in [0.2, 0.25) is 15.9 Å². The van der Waals surface area contributed by atoms with E-state index < -0.39 is 10.0 Å². The lowest BCUT2D eigenvalue weighted by Crippen LogP contribution is -2.28. The molecule has 1 aliphatic rings. The maximum Gasteiger partial charge on any atom is 0.241 e. The Hall–Kier alpha value is -2.18. The van der Waals surface area contributed by atoms with Crippen LogP contribution >= 0.6 is 0 Å². The fourth-order valence-corrected chi connectivity index (χ4v) is 4.68. The molecule has 0 saturated heterocycles. The van der Waals surface area contributed by atoms with Gasteiger partial charge in [0.25, 0.3) is 0 Å². The third-order valence-electron chi connectivity index (χ3n) is 5.22. The lowest BCUT2D eigenvalue weighted by Gasteiger charge is -2.18. The van der Waals surface area contributed by atoms with Gasteiger partial charge in [0.15, 0.2) is 0 Å². The third-order valence-corrected chi connectivity index (χ3v) is 6.76. The highest BCUT2D eigenvalue weighted by Crippen LogP contribution is 2.31. The molecule has 1 amide bonds. The normalized spacial score (nSPS) is 14.9. The summed E-state index contributed by atoms with van der Waals surface area (Å²) >= 11 is 0. The Bertz CT molecular complexity index is 983. The molecular formula is C21H26N2O3S. The summed E-state index contributed by atoms with van der Waals surface area (Å²) in [4.78, 5) is 14.0. The standard InChI is InChI=1S/C21H26N2O3S/c1-5-21(24)23-11-10-18-13-19(8-9-20(18)23)27(25,26)22-16(4)17-7-6-14(2)15(3)12-17/h6-9,12-13,16,22H,5,10-11H2,1-4H3. The second-order valence-electron chi connectivity index (χ2n) is 7.13. The van der Waals surface area contributed by atoms with E-state index in [1.807, 2.05) is 45.9 Å². The molecule has 1 aliphatic heterocycles. The van der Waals surface area contributed by atoms with Crippen LogP contribution in [0.3, 0.4) is 0 Å². The smallest absolute Gasteiger partial charge is 0.241 e. The number of nitrogens with zero attached hydrogens (tertiary/aromatic N) is 1. The maximum atomic E-state index is 12.8. The Morgan fingerprint density at radius 3 is 2.56 bits per heavy atom. The highest BCUT2D eigenvalue weighted by molar-refractivity contribution is 7.89. The largest absolute Gasteiger partial charge is 0.312 e. The van der Waals surface area contributed by atoms with E-state index in [-0.39, 0.29) is 16.8 Å². The third kappa shape index (κ3) is 3.92. The van der Waals surface area contributed by atoms with Gasteiger partial charge in [-0.15, -0.1) is 0 Å². The van der Waals surface area contributed by atoms with E-state index in [4.69, 9.17) is 0 Å². The minimum atomic E-state index is -3.65. The number of anilines is 1. The Morgan fingerprint density at radius 2 is 1.89 bits per heavy atom. The highest BCUT2D eigenvalue weighted by atomic mass is 32.2. The van der Waals surface area contributed by atoms with E-state index >= 15 is 0 Å². The average molecular weight is 387 g/mol. The lowest BCUT2D eigenvalue weighted by atomic mass is 10.0. The molecule has 0 bridgehead atoms. The molecule has 5 nitrogen and oxygen atoms in total. The molecule has 0 aromatic heterocycles. The Balaban J connectivity index is 1.83. The summed E-state index contributed by atoms with van der Waals surface area (Å²) in [6.45, 7) is 8.33. The molecule has 144 valence electrons. The van der Waals surface area contributed by atoms with Gasteiger partial charge in [0.05, 0.1) is 4.90 Å². The van der Waals surface area contributed by atoms with Gasteiger partial charge < -0.3 is 4.90 Å². The van der Waals surface area contributed by atoms with E-state index in [1.165, 1.54) is 5.56 Å². The van der Waals surface area contributed by atoms with Crippen LogP contribution in [-0.2, 0) is 21.2 Å². The van der Waals surface area contributed by atoms with Crippen molar-refractivity contribution in [2.24, 2.45) is 0 Å². The minimum Gasteiger partial charge on any atom is -0.312 e. The van der Waals surface area contributed by atoms with Crippen molar-refractivity contribution in [2.75, 3.05) is 11.4 Å². The number of hydrogen-bond acceptors (Lipinski definition) is 3. The Labute approximate surface area is 161 Å². The first-order valence-electron chi connectivity index (χ1n) is 9.25. The molecule has 0 fully saturated rings. The monoisotopic (exact) mass is 386 g/mol. The molecule has 3 rings (SSSR count). The van der Waals surface area contributed by atoms with Crippen molar-refractivity contribution in [3.63, 3.8) is 0 Å². The predicted molar refractivity (Wildman–Crippen MR) is 107 cm³/mol. The fraction of sp³-hybridized carbons (Fsp3) is 0.381. The predicted octanol–water partition coefficient (Wildman–Crippen LogP) is 3.64. The number of nitrogens with one attached hydrogen (secondary N) is 1. The molecule has 6 heteroatoms. The van der Waals surface area contributed by atoms with Crippen molar-refractivity contribution in [2.45, 2.75) is 51.5 Å². The molecule has 2 aromatic rings. The van der Waals surface area contributed by atoms with Crippen molar-refractivity contribution in [3.05, 3.63) is 58.7 Å². The molecule has 1 heterocycles. The van der Waals surface area contributed by atoms with Gasteiger partial charge in [0, 0.05) is 24.7 Å². The number of aryl methyl sites for hydroxylation is 2. The van der Waals surface area contributed by atoms with Gasteiger partial charge >= 0.3 is 0 Å². The van der Waals surface area contributed by atoms with Crippen molar-refractivity contribution >= 4 is 21.6 Å². The Morgan fingerprint density at radius 1 is 1.15 bits per heavy atom. The second-order valence-corrected chi connectivity index (χ2v) is 8.84. The number of benzene rings is 2.